The van der Waals surface area contributed by atoms with Gasteiger partial charge in [-0.2, -0.15) is 0 Å². The van der Waals surface area contributed by atoms with E-state index in [4.69, 9.17) is 20.3 Å². The second kappa shape index (κ2) is 12.4. The van der Waals surface area contributed by atoms with Gasteiger partial charge in [0.25, 0.3) is 0 Å². The molecule has 0 aliphatic heterocycles. The molecule has 0 amide bonds. The molecule has 0 aliphatic rings. The Morgan fingerprint density at radius 2 is 1.84 bits per heavy atom. The Balaban J connectivity index is 2.82. The van der Waals surface area contributed by atoms with Crippen molar-refractivity contribution in [3.05, 3.63) is 29.8 Å². The Labute approximate surface area is 189 Å². The number of terminal acetylenes is 1. The molecule has 174 valence electrons. The number of carbonyl (C=O) groups is 1. The highest BCUT2D eigenvalue weighted by atomic mass is 28.4. The Morgan fingerprint density at radius 3 is 2.32 bits per heavy atom. The van der Waals surface area contributed by atoms with E-state index in [1.54, 1.807) is 7.11 Å². The van der Waals surface area contributed by atoms with Crippen LogP contribution in [0.25, 0.3) is 0 Å². The van der Waals surface area contributed by atoms with Crippen molar-refractivity contribution >= 4 is 14.1 Å². The highest BCUT2D eigenvalue weighted by molar-refractivity contribution is 6.74. The summed E-state index contributed by atoms with van der Waals surface area (Å²) in [5, 5.41) is 10.8. The second-order valence-corrected chi connectivity index (χ2v) is 14.4. The fourth-order valence-electron chi connectivity index (χ4n) is 2.98. The first-order valence-corrected chi connectivity index (χ1v) is 13.8. The maximum atomic E-state index is 11.9. The molecule has 6 heteroatoms. The molecule has 0 spiro atoms. The summed E-state index contributed by atoms with van der Waals surface area (Å²) >= 11 is 0. The first kappa shape index (κ1) is 27.4. The summed E-state index contributed by atoms with van der Waals surface area (Å²) < 4.78 is 17.7. The van der Waals surface area contributed by atoms with E-state index in [9.17, 15) is 9.90 Å². The number of methoxy groups -OCH3 is 1. The fraction of sp³-hybridized carbons (Fsp3) is 0.640. The lowest BCUT2D eigenvalue weighted by Crippen LogP contribution is -2.41. The summed E-state index contributed by atoms with van der Waals surface area (Å²) in [5.41, 5.74) is 1.01. The molecule has 0 bridgehead atoms. The van der Waals surface area contributed by atoms with E-state index < -0.39 is 20.3 Å². The van der Waals surface area contributed by atoms with E-state index in [1.165, 1.54) is 6.92 Å². The third kappa shape index (κ3) is 9.16. The van der Waals surface area contributed by atoms with Crippen LogP contribution in [0.5, 0.6) is 5.75 Å². The molecular formula is C25H40O5Si. The van der Waals surface area contributed by atoms with Crippen molar-refractivity contribution in [1.82, 2.24) is 0 Å². The minimum atomic E-state index is -1.87. The molecule has 3 unspecified atom stereocenters. The van der Waals surface area contributed by atoms with Gasteiger partial charge in [0.05, 0.1) is 31.8 Å². The van der Waals surface area contributed by atoms with Crippen molar-refractivity contribution < 1.29 is 23.8 Å². The van der Waals surface area contributed by atoms with E-state index >= 15 is 0 Å². The van der Waals surface area contributed by atoms with Gasteiger partial charge in [0.15, 0.2) is 8.32 Å². The molecule has 1 aromatic rings. The van der Waals surface area contributed by atoms with Crippen LogP contribution in [0.4, 0.5) is 0 Å². The molecule has 3 atom stereocenters. The van der Waals surface area contributed by atoms with Crippen LogP contribution in [0.3, 0.4) is 0 Å². The van der Waals surface area contributed by atoms with Crippen LogP contribution in [0.1, 0.15) is 52.5 Å². The smallest absolute Gasteiger partial charge is 0.191 e. The molecular weight excluding hydrogens is 408 g/mol. The van der Waals surface area contributed by atoms with Gasteiger partial charge in [-0.05, 0) is 49.2 Å². The predicted octanol–water partition coefficient (Wildman–Crippen LogP) is 4.97. The summed E-state index contributed by atoms with van der Waals surface area (Å²) in [6.45, 7) is 13.5. The molecule has 1 aromatic carbocycles. The lowest BCUT2D eigenvalue weighted by molar-refractivity contribution is -0.125. The molecule has 0 aliphatic carbocycles. The molecule has 0 saturated heterocycles. The van der Waals surface area contributed by atoms with E-state index in [0.717, 1.165) is 11.3 Å². The van der Waals surface area contributed by atoms with Crippen LogP contribution in [0, 0.1) is 18.3 Å². The largest absolute Gasteiger partial charge is 0.497 e. The number of ether oxygens (including phenoxy) is 2. The summed E-state index contributed by atoms with van der Waals surface area (Å²) in [6, 6.07) is 7.69. The highest BCUT2D eigenvalue weighted by Gasteiger charge is 2.37. The van der Waals surface area contributed by atoms with Gasteiger partial charge in [0, 0.05) is 19.4 Å². The van der Waals surface area contributed by atoms with E-state index in [0.29, 0.717) is 26.1 Å². The lowest BCUT2D eigenvalue weighted by atomic mass is 9.90. The molecule has 0 aromatic heterocycles. The van der Waals surface area contributed by atoms with Crippen molar-refractivity contribution in [2.75, 3.05) is 13.7 Å². The SMILES string of the molecule is C#CCC(C(C)=O)C(O)CC(CCO[Si](C)(C)C(C)(C)C)OCc1ccc(OC)cc1. The average Bonchev–Trinajstić information content (AvgIpc) is 2.69. The third-order valence-electron chi connectivity index (χ3n) is 6.18. The Kier molecular flexibility index (Phi) is 11.0. The van der Waals surface area contributed by atoms with Gasteiger partial charge in [0.1, 0.15) is 11.5 Å². The van der Waals surface area contributed by atoms with Gasteiger partial charge in [-0.3, -0.25) is 4.79 Å². The number of hydrogen-bond acceptors (Lipinski definition) is 5. The number of benzene rings is 1. The molecule has 0 fully saturated rings. The van der Waals surface area contributed by atoms with E-state index in [2.05, 4.69) is 39.8 Å². The highest BCUT2D eigenvalue weighted by Crippen LogP contribution is 2.36. The van der Waals surface area contributed by atoms with Crippen LogP contribution in [0.15, 0.2) is 24.3 Å². The zero-order valence-electron chi connectivity index (χ0n) is 20.2. The molecule has 31 heavy (non-hydrogen) atoms. The molecule has 1 N–H and O–H groups in total. The summed E-state index contributed by atoms with van der Waals surface area (Å²) in [4.78, 5) is 11.9. The maximum Gasteiger partial charge on any atom is 0.191 e. The third-order valence-corrected chi connectivity index (χ3v) is 10.7. The topological polar surface area (TPSA) is 65.0 Å². The van der Waals surface area contributed by atoms with Crippen LogP contribution >= 0.6 is 0 Å². The van der Waals surface area contributed by atoms with Crippen molar-refractivity contribution in [2.45, 2.75) is 83.9 Å². The van der Waals surface area contributed by atoms with Gasteiger partial charge in [0.2, 0.25) is 0 Å². The molecule has 0 heterocycles. The van der Waals surface area contributed by atoms with Gasteiger partial charge in [-0.15, -0.1) is 12.3 Å². The first-order chi connectivity index (χ1) is 14.4. The number of aliphatic hydroxyl groups is 1. The van der Waals surface area contributed by atoms with Gasteiger partial charge in [-0.25, -0.2) is 0 Å². The zero-order chi connectivity index (χ0) is 23.7. The number of aliphatic hydroxyl groups excluding tert-OH is 1. The average molecular weight is 449 g/mol. The number of rotatable bonds is 13. The van der Waals surface area contributed by atoms with Crippen molar-refractivity contribution in [1.29, 1.82) is 0 Å². The zero-order valence-corrected chi connectivity index (χ0v) is 21.2. The first-order valence-electron chi connectivity index (χ1n) is 10.9. The van der Waals surface area contributed by atoms with Crippen LogP contribution in [0.2, 0.25) is 18.1 Å². The summed E-state index contributed by atoms with van der Waals surface area (Å²) in [6.07, 6.45) is 5.50. The van der Waals surface area contributed by atoms with Crippen molar-refractivity contribution in [3.8, 4) is 18.1 Å². The molecule has 0 radical (unpaired) electrons. The van der Waals surface area contributed by atoms with Crippen LogP contribution in [-0.2, 0) is 20.6 Å². The summed E-state index contributed by atoms with van der Waals surface area (Å²) in [7, 11) is -0.242. The lowest BCUT2D eigenvalue weighted by Gasteiger charge is -2.36. The van der Waals surface area contributed by atoms with Crippen molar-refractivity contribution in [3.63, 3.8) is 0 Å². The maximum absolute atomic E-state index is 11.9. The molecule has 1 rings (SSSR count). The summed E-state index contributed by atoms with van der Waals surface area (Å²) in [5.74, 6) is 2.62. The minimum absolute atomic E-state index is 0.100. The quantitative estimate of drug-likeness (QED) is 0.341. The normalized spacial score (nSPS) is 15.1. The monoisotopic (exact) mass is 448 g/mol. The standard InChI is InChI=1S/C25H40O5Si/c1-9-10-23(19(2)26)24(27)17-22(15-16-30-31(7,8)25(3,4)5)29-18-20-11-13-21(28-6)14-12-20/h1,11-14,22-24,27H,10,15-18H2,2-8H3. The predicted molar refractivity (Wildman–Crippen MR) is 128 cm³/mol. The number of hydrogen-bond donors (Lipinski definition) is 1. The Hall–Kier alpha value is -1.65. The van der Waals surface area contributed by atoms with Crippen molar-refractivity contribution in [2.24, 2.45) is 5.92 Å². The van der Waals surface area contributed by atoms with E-state index in [-0.39, 0.29) is 23.3 Å². The van der Waals surface area contributed by atoms with Gasteiger partial charge in [-0.1, -0.05) is 32.9 Å². The van der Waals surface area contributed by atoms with E-state index in [1.807, 2.05) is 24.3 Å². The number of ketones is 1. The van der Waals surface area contributed by atoms with Crippen LogP contribution < -0.4 is 4.74 Å². The van der Waals surface area contributed by atoms with Gasteiger partial charge >= 0.3 is 0 Å². The number of Topliss-reactive ketones (excluding diaryl/α,β-unsaturated/α-hetero) is 1. The molecule has 5 nitrogen and oxygen atoms in total. The Bertz CT molecular complexity index is 715. The molecule has 0 saturated carbocycles. The Morgan fingerprint density at radius 1 is 1.23 bits per heavy atom. The second-order valence-electron chi connectivity index (χ2n) is 9.61. The number of carbonyl (C=O) groups excluding carboxylic acids is 1. The van der Waals surface area contributed by atoms with Gasteiger partial charge < -0.3 is 19.0 Å². The van der Waals surface area contributed by atoms with Crippen LogP contribution in [-0.4, -0.2) is 45.1 Å². The fourth-order valence-corrected chi connectivity index (χ4v) is 4.04. The minimum Gasteiger partial charge on any atom is -0.497 e.